The largest absolute Gasteiger partial charge is 0.435 e. The maximum absolute atomic E-state index is 12.0. The molecule has 0 aliphatic heterocycles. The first kappa shape index (κ1) is 13.3. The van der Waals surface area contributed by atoms with Crippen LogP contribution in [0.25, 0.3) is 0 Å². The lowest BCUT2D eigenvalue weighted by atomic mass is 10.1. The van der Waals surface area contributed by atoms with E-state index in [1.165, 1.54) is 12.8 Å². The maximum atomic E-state index is 12.0. The Morgan fingerprint density at radius 3 is 2.50 bits per heavy atom. The van der Waals surface area contributed by atoms with Crippen LogP contribution < -0.4 is 10.1 Å². The summed E-state index contributed by atoms with van der Waals surface area (Å²) in [6.45, 7) is 1.30. The predicted molar refractivity (Wildman–Crippen MR) is 66.7 cm³/mol. The highest BCUT2D eigenvalue weighted by Gasteiger charge is 2.27. The van der Waals surface area contributed by atoms with Gasteiger partial charge in [-0.1, -0.05) is 19.1 Å². The number of rotatable bonds is 7. The Morgan fingerprint density at radius 2 is 1.94 bits per heavy atom. The van der Waals surface area contributed by atoms with E-state index in [-0.39, 0.29) is 5.75 Å². The molecule has 2 nitrogen and oxygen atoms in total. The minimum Gasteiger partial charge on any atom is -0.435 e. The summed E-state index contributed by atoms with van der Waals surface area (Å²) in [6.07, 6.45) is 2.73. The zero-order valence-corrected chi connectivity index (χ0v) is 10.5. The molecule has 1 unspecified atom stereocenters. The van der Waals surface area contributed by atoms with Crippen LogP contribution in [0.3, 0.4) is 0 Å². The summed E-state index contributed by atoms with van der Waals surface area (Å²) in [6, 6.07) is 6.78. The SMILES string of the molecule is CC(CNCc1ccc(OC(F)F)cc1)C1CC1. The fraction of sp³-hybridized carbons (Fsp3) is 0.571. The maximum Gasteiger partial charge on any atom is 0.387 e. The Labute approximate surface area is 106 Å². The Bertz CT molecular complexity index is 363. The van der Waals surface area contributed by atoms with Gasteiger partial charge in [0, 0.05) is 6.54 Å². The van der Waals surface area contributed by atoms with Crippen LogP contribution in [0.4, 0.5) is 8.78 Å². The number of hydrogen-bond acceptors (Lipinski definition) is 2. The van der Waals surface area contributed by atoms with Crippen molar-refractivity contribution in [2.75, 3.05) is 6.54 Å². The summed E-state index contributed by atoms with van der Waals surface area (Å²) >= 11 is 0. The van der Waals surface area contributed by atoms with Gasteiger partial charge in [-0.25, -0.2) is 0 Å². The molecule has 0 radical (unpaired) electrons. The topological polar surface area (TPSA) is 21.3 Å². The molecule has 0 bridgehead atoms. The van der Waals surface area contributed by atoms with Crippen molar-refractivity contribution in [3.05, 3.63) is 29.8 Å². The first-order chi connectivity index (χ1) is 8.65. The predicted octanol–water partition coefficient (Wildman–Crippen LogP) is 3.42. The molecule has 1 N–H and O–H groups in total. The summed E-state index contributed by atoms with van der Waals surface area (Å²) in [4.78, 5) is 0. The van der Waals surface area contributed by atoms with E-state index in [2.05, 4.69) is 17.0 Å². The monoisotopic (exact) mass is 255 g/mol. The van der Waals surface area contributed by atoms with Gasteiger partial charge in [-0.3, -0.25) is 0 Å². The molecule has 1 saturated carbocycles. The van der Waals surface area contributed by atoms with Crippen LogP contribution in [-0.4, -0.2) is 13.2 Å². The third-order valence-corrected chi connectivity index (χ3v) is 3.37. The highest BCUT2D eigenvalue weighted by molar-refractivity contribution is 5.27. The van der Waals surface area contributed by atoms with Crippen molar-refractivity contribution in [1.29, 1.82) is 0 Å². The normalized spacial score (nSPS) is 16.9. The molecule has 1 aromatic rings. The molecule has 4 heteroatoms. The molecule has 0 heterocycles. The second-order valence-electron chi connectivity index (χ2n) is 4.97. The molecule has 1 atom stereocenters. The van der Waals surface area contributed by atoms with E-state index in [4.69, 9.17) is 0 Å². The van der Waals surface area contributed by atoms with Gasteiger partial charge in [0.15, 0.2) is 0 Å². The third kappa shape index (κ3) is 4.26. The molecule has 1 aromatic carbocycles. The third-order valence-electron chi connectivity index (χ3n) is 3.37. The van der Waals surface area contributed by atoms with E-state index in [9.17, 15) is 8.78 Å². The van der Waals surface area contributed by atoms with Crippen molar-refractivity contribution in [2.24, 2.45) is 11.8 Å². The fourth-order valence-electron chi connectivity index (χ4n) is 2.06. The quantitative estimate of drug-likeness (QED) is 0.806. The highest BCUT2D eigenvalue weighted by Crippen LogP contribution is 2.36. The summed E-state index contributed by atoms with van der Waals surface area (Å²) in [7, 11) is 0. The van der Waals surface area contributed by atoms with Crippen LogP contribution in [0.5, 0.6) is 5.75 Å². The van der Waals surface area contributed by atoms with E-state index in [0.717, 1.165) is 30.5 Å². The highest BCUT2D eigenvalue weighted by atomic mass is 19.3. The van der Waals surface area contributed by atoms with Crippen molar-refractivity contribution in [1.82, 2.24) is 5.32 Å². The Hall–Kier alpha value is -1.16. The van der Waals surface area contributed by atoms with E-state index < -0.39 is 6.61 Å². The van der Waals surface area contributed by atoms with Crippen molar-refractivity contribution >= 4 is 0 Å². The number of halogens is 2. The zero-order chi connectivity index (χ0) is 13.0. The Kier molecular flexibility index (Phi) is 4.53. The number of ether oxygens (including phenoxy) is 1. The molecule has 100 valence electrons. The lowest BCUT2D eigenvalue weighted by Crippen LogP contribution is -2.21. The molecule has 1 aliphatic rings. The molecule has 0 spiro atoms. The fourth-order valence-corrected chi connectivity index (χ4v) is 2.06. The smallest absolute Gasteiger partial charge is 0.387 e. The molecule has 18 heavy (non-hydrogen) atoms. The molecule has 0 amide bonds. The zero-order valence-electron chi connectivity index (χ0n) is 10.5. The first-order valence-electron chi connectivity index (χ1n) is 6.39. The summed E-state index contributed by atoms with van der Waals surface area (Å²) < 4.78 is 28.2. The number of benzene rings is 1. The van der Waals surface area contributed by atoms with Crippen LogP contribution in [0, 0.1) is 11.8 Å². The van der Waals surface area contributed by atoms with Crippen molar-refractivity contribution in [3.63, 3.8) is 0 Å². The van der Waals surface area contributed by atoms with Gasteiger partial charge in [0.2, 0.25) is 0 Å². The molecular weight excluding hydrogens is 236 g/mol. The van der Waals surface area contributed by atoms with Crippen LogP contribution in [0.2, 0.25) is 0 Å². The Morgan fingerprint density at radius 1 is 1.28 bits per heavy atom. The number of hydrogen-bond donors (Lipinski definition) is 1. The molecule has 1 fully saturated rings. The van der Waals surface area contributed by atoms with Crippen molar-refractivity contribution in [2.45, 2.75) is 32.9 Å². The summed E-state index contributed by atoms with van der Waals surface area (Å²) in [5.74, 6) is 1.84. The van der Waals surface area contributed by atoms with Gasteiger partial charge in [-0.05, 0) is 48.9 Å². The Balaban J connectivity index is 1.72. The van der Waals surface area contributed by atoms with Gasteiger partial charge >= 0.3 is 6.61 Å². The van der Waals surface area contributed by atoms with E-state index in [1.54, 1.807) is 12.1 Å². The molecule has 1 aliphatic carbocycles. The summed E-state index contributed by atoms with van der Waals surface area (Å²) in [5, 5.41) is 3.39. The molecular formula is C14H19F2NO. The van der Waals surface area contributed by atoms with E-state index in [0.29, 0.717) is 0 Å². The second-order valence-corrected chi connectivity index (χ2v) is 4.97. The number of nitrogens with one attached hydrogen (secondary N) is 1. The summed E-state index contributed by atoms with van der Waals surface area (Å²) in [5.41, 5.74) is 1.08. The minimum absolute atomic E-state index is 0.208. The minimum atomic E-state index is -2.76. The average molecular weight is 255 g/mol. The van der Waals surface area contributed by atoms with Gasteiger partial charge in [0.25, 0.3) is 0 Å². The van der Waals surface area contributed by atoms with E-state index in [1.807, 2.05) is 12.1 Å². The van der Waals surface area contributed by atoms with E-state index >= 15 is 0 Å². The van der Waals surface area contributed by atoms with Crippen LogP contribution in [0.15, 0.2) is 24.3 Å². The first-order valence-corrected chi connectivity index (χ1v) is 6.39. The lowest BCUT2D eigenvalue weighted by Gasteiger charge is -2.11. The van der Waals surface area contributed by atoms with Gasteiger partial charge < -0.3 is 10.1 Å². The van der Waals surface area contributed by atoms with Gasteiger partial charge in [0.05, 0.1) is 0 Å². The second kappa shape index (κ2) is 6.14. The van der Waals surface area contributed by atoms with Crippen molar-refractivity contribution in [3.8, 4) is 5.75 Å². The molecule has 0 aromatic heterocycles. The van der Waals surface area contributed by atoms with Crippen LogP contribution in [0.1, 0.15) is 25.3 Å². The molecule has 2 rings (SSSR count). The van der Waals surface area contributed by atoms with Gasteiger partial charge in [-0.15, -0.1) is 0 Å². The molecule has 0 saturated heterocycles. The van der Waals surface area contributed by atoms with Gasteiger partial charge in [0.1, 0.15) is 5.75 Å². The average Bonchev–Trinajstić information content (AvgIpc) is 3.14. The van der Waals surface area contributed by atoms with Crippen molar-refractivity contribution < 1.29 is 13.5 Å². The van der Waals surface area contributed by atoms with Crippen LogP contribution >= 0.6 is 0 Å². The van der Waals surface area contributed by atoms with Crippen LogP contribution in [-0.2, 0) is 6.54 Å². The lowest BCUT2D eigenvalue weighted by molar-refractivity contribution is -0.0498. The number of alkyl halides is 2. The standard InChI is InChI=1S/C14H19F2NO/c1-10(12-4-5-12)8-17-9-11-2-6-13(7-3-11)18-14(15)16/h2-3,6-7,10,12,14,17H,4-5,8-9H2,1H3. The van der Waals surface area contributed by atoms with Gasteiger partial charge in [-0.2, -0.15) is 8.78 Å².